The van der Waals surface area contributed by atoms with E-state index in [9.17, 15) is 9.50 Å². The zero-order chi connectivity index (χ0) is 12.3. The van der Waals surface area contributed by atoms with E-state index in [1.54, 1.807) is 6.07 Å². The van der Waals surface area contributed by atoms with E-state index < -0.39 is 12.1 Å². The first-order valence-corrected chi connectivity index (χ1v) is 5.67. The number of benzene rings is 1. The molecule has 0 saturated carbocycles. The second-order valence-electron chi connectivity index (χ2n) is 4.43. The van der Waals surface area contributed by atoms with Crippen LogP contribution in [0, 0.1) is 18.7 Å². The molecule has 3 atom stereocenters. The molecule has 0 fully saturated rings. The fourth-order valence-corrected chi connectivity index (χ4v) is 1.68. The Morgan fingerprint density at radius 1 is 1.41 bits per heavy atom. The van der Waals surface area contributed by atoms with Gasteiger partial charge in [-0.2, -0.15) is 0 Å². The van der Waals surface area contributed by atoms with Crippen LogP contribution in [0.4, 0.5) is 4.39 Å². The van der Waals surface area contributed by atoms with E-state index in [1.165, 1.54) is 6.07 Å². The Morgan fingerprint density at radius 3 is 2.47 bits per heavy atom. The third kappa shape index (κ3) is 3.95. The van der Waals surface area contributed by atoms with Gasteiger partial charge in [0.05, 0.1) is 12.1 Å². The first kappa shape index (κ1) is 16.4. The van der Waals surface area contributed by atoms with Crippen LogP contribution in [0.1, 0.15) is 37.4 Å². The highest BCUT2D eigenvalue weighted by atomic mass is 35.5. The topological polar surface area (TPSA) is 46.2 Å². The molecule has 1 aromatic rings. The third-order valence-electron chi connectivity index (χ3n) is 3.11. The summed E-state index contributed by atoms with van der Waals surface area (Å²) in [4.78, 5) is 0. The molecule has 1 rings (SSSR count). The summed E-state index contributed by atoms with van der Waals surface area (Å²) in [7, 11) is 0. The Balaban J connectivity index is 0.00000256. The molecule has 1 aromatic carbocycles. The second-order valence-corrected chi connectivity index (χ2v) is 4.43. The Kier molecular flexibility index (Phi) is 6.68. The van der Waals surface area contributed by atoms with E-state index in [0.29, 0.717) is 5.56 Å². The summed E-state index contributed by atoms with van der Waals surface area (Å²) >= 11 is 0. The lowest BCUT2D eigenvalue weighted by molar-refractivity contribution is 0.0867. The minimum atomic E-state index is -0.706. The second kappa shape index (κ2) is 6.94. The van der Waals surface area contributed by atoms with Crippen molar-refractivity contribution in [2.75, 3.05) is 0 Å². The highest BCUT2D eigenvalue weighted by Gasteiger charge is 2.23. The number of aliphatic hydroxyl groups is 1. The monoisotopic (exact) mass is 261 g/mol. The standard InChI is InChI=1S/C13H20FNO.ClH/c1-4-9(3)13(16)12(15)10-6-5-8(2)7-11(10)14;/h5-7,9,12-13,16H,4,15H2,1-3H3;1H/t9?,12-,13+;/m1./s1. The van der Waals surface area contributed by atoms with Crippen LogP contribution in [-0.4, -0.2) is 11.2 Å². The van der Waals surface area contributed by atoms with E-state index in [2.05, 4.69) is 0 Å². The predicted molar refractivity (Wildman–Crippen MR) is 70.8 cm³/mol. The third-order valence-corrected chi connectivity index (χ3v) is 3.11. The molecule has 0 spiro atoms. The lowest BCUT2D eigenvalue weighted by Gasteiger charge is -2.24. The fraction of sp³-hybridized carbons (Fsp3) is 0.538. The molecule has 0 aromatic heterocycles. The smallest absolute Gasteiger partial charge is 0.128 e. The van der Waals surface area contributed by atoms with Crippen LogP contribution in [0.15, 0.2) is 18.2 Å². The number of hydrogen-bond acceptors (Lipinski definition) is 2. The SMILES string of the molecule is CCC(C)[C@H](O)[C@H](N)c1ccc(C)cc1F.Cl. The van der Waals surface area contributed by atoms with E-state index in [-0.39, 0.29) is 24.1 Å². The van der Waals surface area contributed by atoms with Crippen molar-refractivity contribution in [2.24, 2.45) is 11.7 Å². The Morgan fingerprint density at radius 2 is 2.00 bits per heavy atom. The molecule has 3 N–H and O–H groups in total. The van der Waals surface area contributed by atoms with Crippen molar-refractivity contribution < 1.29 is 9.50 Å². The van der Waals surface area contributed by atoms with Gasteiger partial charge in [0, 0.05) is 5.56 Å². The average molecular weight is 262 g/mol. The largest absolute Gasteiger partial charge is 0.391 e. The summed E-state index contributed by atoms with van der Waals surface area (Å²) in [5, 5.41) is 9.94. The molecule has 0 aliphatic carbocycles. The van der Waals surface area contributed by atoms with Crippen molar-refractivity contribution in [3.05, 3.63) is 35.1 Å². The highest BCUT2D eigenvalue weighted by Crippen LogP contribution is 2.24. The molecule has 0 bridgehead atoms. The van der Waals surface area contributed by atoms with Crippen molar-refractivity contribution in [3.63, 3.8) is 0 Å². The zero-order valence-corrected chi connectivity index (χ0v) is 11.3. The van der Waals surface area contributed by atoms with Crippen LogP contribution >= 0.6 is 12.4 Å². The van der Waals surface area contributed by atoms with Crippen molar-refractivity contribution >= 4 is 12.4 Å². The van der Waals surface area contributed by atoms with Gasteiger partial charge in [-0.3, -0.25) is 0 Å². The minimum Gasteiger partial charge on any atom is -0.391 e. The number of aliphatic hydroxyl groups excluding tert-OH is 1. The van der Waals surface area contributed by atoms with Gasteiger partial charge in [-0.15, -0.1) is 12.4 Å². The summed E-state index contributed by atoms with van der Waals surface area (Å²) in [6.45, 7) is 5.71. The first-order valence-electron chi connectivity index (χ1n) is 5.67. The first-order chi connectivity index (χ1) is 7.47. The van der Waals surface area contributed by atoms with Gasteiger partial charge in [0.25, 0.3) is 0 Å². The van der Waals surface area contributed by atoms with Crippen molar-refractivity contribution in [2.45, 2.75) is 39.3 Å². The lowest BCUT2D eigenvalue weighted by Crippen LogP contribution is -2.32. The Bertz CT molecular complexity index is 359. The fourth-order valence-electron chi connectivity index (χ4n) is 1.68. The van der Waals surface area contributed by atoms with Crippen molar-refractivity contribution in [1.29, 1.82) is 0 Å². The summed E-state index contributed by atoms with van der Waals surface area (Å²) < 4.78 is 13.6. The zero-order valence-electron chi connectivity index (χ0n) is 10.5. The predicted octanol–water partition coefficient (Wildman–Crippen LogP) is 2.96. The average Bonchev–Trinajstić information content (AvgIpc) is 2.26. The summed E-state index contributed by atoms with van der Waals surface area (Å²) in [5.41, 5.74) is 7.12. The van der Waals surface area contributed by atoms with Gasteiger partial charge in [-0.1, -0.05) is 32.4 Å². The maximum absolute atomic E-state index is 13.6. The van der Waals surface area contributed by atoms with E-state index in [1.807, 2.05) is 26.8 Å². The van der Waals surface area contributed by atoms with Crippen LogP contribution in [0.25, 0.3) is 0 Å². The molecular formula is C13H21ClFNO. The maximum Gasteiger partial charge on any atom is 0.128 e. The highest BCUT2D eigenvalue weighted by molar-refractivity contribution is 5.85. The quantitative estimate of drug-likeness (QED) is 0.875. The maximum atomic E-state index is 13.6. The number of rotatable bonds is 4. The minimum absolute atomic E-state index is 0. The molecule has 0 saturated heterocycles. The summed E-state index contributed by atoms with van der Waals surface area (Å²) in [6, 6.07) is 4.25. The van der Waals surface area contributed by atoms with Gasteiger partial charge in [-0.25, -0.2) is 4.39 Å². The number of hydrogen-bond donors (Lipinski definition) is 2. The van der Waals surface area contributed by atoms with Gasteiger partial charge < -0.3 is 10.8 Å². The van der Waals surface area contributed by atoms with Crippen LogP contribution in [0.3, 0.4) is 0 Å². The lowest BCUT2D eigenvalue weighted by atomic mass is 9.91. The Hall–Kier alpha value is -0.640. The van der Waals surface area contributed by atoms with Crippen molar-refractivity contribution in [1.82, 2.24) is 0 Å². The molecule has 2 nitrogen and oxygen atoms in total. The number of nitrogens with two attached hydrogens (primary N) is 1. The normalized spacial score (nSPS) is 15.9. The van der Waals surface area contributed by atoms with Gasteiger partial charge in [-0.05, 0) is 24.5 Å². The van der Waals surface area contributed by atoms with Gasteiger partial charge >= 0.3 is 0 Å². The van der Waals surface area contributed by atoms with E-state index in [4.69, 9.17) is 5.73 Å². The van der Waals surface area contributed by atoms with Crippen LogP contribution in [0.2, 0.25) is 0 Å². The molecule has 0 heterocycles. The van der Waals surface area contributed by atoms with Crippen molar-refractivity contribution in [3.8, 4) is 0 Å². The summed E-state index contributed by atoms with van der Waals surface area (Å²) in [5.74, 6) is -0.273. The van der Waals surface area contributed by atoms with Crippen LogP contribution in [-0.2, 0) is 0 Å². The van der Waals surface area contributed by atoms with Gasteiger partial charge in [0.2, 0.25) is 0 Å². The number of aryl methyl sites for hydroxylation is 1. The Labute approximate surface area is 108 Å². The van der Waals surface area contributed by atoms with Gasteiger partial charge in [0.1, 0.15) is 5.82 Å². The summed E-state index contributed by atoms with van der Waals surface area (Å²) in [6.07, 6.45) is 0.115. The number of halogens is 2. The molecule has 0 aliphatic heterocycles. The molecule has 0 radical (unpaired) electrons. The van der Waals surface area contributed by atoms with E-state index in [0.717, 1.165) is 12.0 Å². The molecular weight excluding hydrogens is 241 g/mol. The molecule has 4 heteroatoms. The van der Waals surface area contributed by atoms with Crippen LogP contribution in [0.5, 0.6) is 0 Å². The van der Waals surface area contributed by atoms with E-state index >= 15 is 0 Å². The molecule has 0 aliphatic rings. The van der Waals surface area contributed by atoms with Gasteiger partial charge in [0.15, 0.2) is 0 Å². The van der Waals surface area contributed by atoms with Crippen LogP contribution < -0.4 is 5.73 Å². The molecule has 98 valence electrons. The molecule has 1 unspecified atom stereocenters. The molecule has 17 heavy (non-hydrogen) atoms. The molecule has 0 amide bonds.